The Morgan fingerprint density at radius 3 is 2.48 bits per heavy atom. The molecule has 0 aliphatic carbocycles. The molecule has 2 atom stereocenters. The molecule has 130 valence electrons. The second-order valence-corrected chi connectivity index (χ2v) is 8.69. The van der Waals surface area contributed by atoms with Crippen molar-refractivity contribution in [2.24, 2.45) is 0 Å². The van der Waals surface area contributed by atoms with E-state index in [1.54, 1.807) is 6.92 Å². The van der Waals surface area contributed by atoms with Crippen molar-refractivity contribution in [1.29, 1.82) is 0 Å². The van der Waals surface area contributed by atoms with E-state index in [0.717, 1.165) is 6.07 Å². The minimum absolute atomic E-state index is 0.219. The quantitative estimate of drug-likeness (QED) is 0.832. The third-order valence-corrected chi connectivity index (χ3v) is 5.26. The number of nitrogens with one attached hydrogen (secondary N) is 2. The Morgan fingerprint density at radius 2 is 1.91 bits per heavy atom. The van der Waals surface area contributed by atoms with E-state index in [9.17, 15) is 17.8 Å². The first-order valence-electron chi connectivity index (χ1n) is 7.46. The van der Waals surface area contributed by atoms with Crippen molar-refractivity contribution in [1.82, 2.24) is 10.6 Å². The van der Waals surface area contributed by atoms with Gasteiger partial charge in [-0.1, -0.05) is 13.0 Å². The SMILES string of the molecule is C[C@H](CNC(=O)NCC[S@](=O)C(C)(C)C)c1ccc(F)cc1F. The van der Waals surface area contributed by atoms with E-state index in [1.165, 1.54) is 12.1 Å². The Hall–Kier alpha value is -1.50. The van der Waals surface area contributed by atoms with Gasteiger partial charge >= 0.3 is 6.03 Å². The van der Waals surface area contributed by atoms with Crippen LogP contribution in [0.1, 0.15) is 39.2 Å². The summed E-state index contributed by atoms with van der Waals surface area (Å²) in [5.74, 6) is -1.17. The highest BCUT2D eigenvalue weighted by Crippen LogP contribution is 2.19. The first-order valence-corrected chi connectivity index (χ1v) is 8.78. The van der Waals surface area contributed by atoms with Crippen molar-refractivity contribution in [3.8, 4) is 0 Å². The summed E-state index contributed by atoms with van der Waals surface area (Å²) in [6.45, 7) is 7.89. The van der Waals surface area contributed by atoms with Crippen LogP contribution in [0.25, 0.3) is 0 Å². The van der Waals surface area contributed by atoms with Gasteiger partial charge in [-0.15, -0.1) is 0 Å². The maximum absolute atomic E-state index is 13.6. The van der Waals surface area contributed by atoms with Crippen LogP contribution in [-0.4, -0.2) is 33.8 Å². The minimum Gasteiger partial charge on any atom is -0.338 e. The fourth-order valence-corrected chi connectivity index (χ4v) is 2.78. The summed E-state index contributed by atoms with van der Waals surface area (Å²) >= 11 is 0. The van der Waals surface area contributed by atoms with Crippen LogP contribution < -0.4 is 10.6 Å². The molecule has 0 saturated heterocycles. The van der Waals surface area contributed by atoms with Gasteiger partial charge < -0.3 is 10.6 Å². The molecule has 0 heterocycles. The summed E-state index contributed by atoms with van der Waals surface area (Å²) in [5.41, 5.74) is 0.348. The van der Waals surface area contributed by atoms with Crippen LogP contribution in [0.4, 0.5) is 13.6 Å². The van der Waals surface area contributed by atoms with Crippen molar-refractivity contribution >= 4 is 16.8 Å². The van der Waals surface area contributed by atoms with E-state index in [1.807, 2.05) is 20.8 Å². The van der Waals surface area contributed by atoms with E-state index in [-0.39, 0.29) is 17.2 Å². The lowest BCUT2D eigenvalue weighted by Crippen LogP contribution is -2.40. The molecule has 1 aromatic rings. The van der Waals surface area contributed by atoms with Crippen LogP contribution in [0.5, 0.6) is 0 Å². The fraction of sp³-hybridized carbons (Fsp3) is 0.562. The van der Waals surface area contributed by atoms with Gasteiger partial charge in [-0.2, -0.15) is 0 Å². The van der Waals surface area contributed by atoms with Crippen LogP contribution in [0.2, 0.25) is 0 Å². The first-order chi connectivity index (χ1) is 10.6. The fourth-order valence-electron chi connectivity index (χ4n) is 1.88. The standard InChI is InChI=1S/C16H24F2N2O2S/c1-11(13-6-5-12(17)9-14(13)18)10-20-15(21)19-7-8-23(22)16(2,3)4/h5-6,9,11H,7-8,10H2,1-4H3,(H2,19,20,21)/t11-,23+/m1/s1. The summed E-state index contributed by atoms with van der Waals surface area (Å²) < 4.78 is 38.0. The van der Waals surface area contributed by atoms with Crippen molar-refractivity contribution in [2.45, 2.75) is 38.4 Å². The number of rotatable bonds is 6. The number of halogens is 2. The predicted molar refractivity (Wildman–Crippen MR) is 88.9 cm³/mol. The molecule has 2 amide bonds. The molecule has 4 nitrogen and oxygen atoms in total. The van der Waals surface area contributed by atoms with E-state index in [4.69, 9.17) is 0 Å². The smallest absolute Gasteiger partial charge is 0.314 e. The highest BCUT2D eigenvalue weighted by molar-refractivity contribution is 7.86. The third kappa shape index (κ3) is 6.64. The van der Waals surface area contributed by atoms with Crippen LogP contribution in [-0.2, 0) is 10.8 Å². The molecule has 0 radical (unpaired) electrons. The number of amides is 2. The zero-order chi connectivity index (χ0) is 17.6. The molecule has 1 aromatic carbocycles. The van der Waals surface area contributed by atoms with Crippen molar-refractivity contribution < 1.29 is 17.8 Å². The Kier molecular flexibility index (Phi) is 7.12. The van der Waals surface area contributed by atoms with E-state index in [2.05, 4.69) is 10.6 Å². The predicted octanol–water partition coefficient (Wildman–Crippen LogP) is 2.91. The number of hydrogen-bond donors (Lipinski definition) is 2. The molecule has 0 bridgehead atoms. The van der Waals surface area contributed by atoms with E-state index < -0.39 is 28.5 Å². The van der Waals surface area contributed by atoms with Crippen LogP contribution >= 0.6 is 0 Å². The Bertz CT molecular complexity index is 574. The summed E-state index contributed by atoms with van der Waals surface area (Å²) in [6.07, 6.45) is 0. The molecule has 0 aliphatic rings. The lowest BCUT2D eigenvalue weighted by molar-refractivity contribution is 0.241. The molecule has 0 fully saturated rings. The number of urea groups is 1. The molecule has 23 heavy (non-hydrogen) atoms. The second-order valence-electron chi connectivity index (χ2n) is 6.37. The van der Waals surface area contributed by atoms with Gasteiger partial charge in [-0.05, 0) is 32.4 Å². The molecule has 0 aliphatic heterocycles. The highest BCUT2D eigenvalue weighted by atomic mass is 32.2. The zero-order valence-electron chi connectivity index (χ0n) is 13.9. The first kappa shape index (κ1) is 19.5. The Labute approximate surface area is 138 Å². The zero-order valence-corrected chi connectivity index (χ0v) is 14.7. The van der Waals surface area contributed by atoms with Gasteiger partial charge in [0.15, 0.2) is 0 Å². The number of carbonyl (C=O) groups is 1. The molecule has 0 spiro atoms. The molecule has 0 unspecified atom stereocenters. The van der Waals surface area contributed by atoms with Gasteiger partial charge in [-0.25, -0.2) is 13.6 Å². The lowest BCUT2D eigenvalue weighted by Gasteiger charge is -2.18. The summed E-state index contributed by atoms with van der Waals surface area (Å²) in [5, 5.41) is 5.25. The van der Waals surface area contributed by atoms with Crippen molar-refractivity contribution in [2.75, 3.05) is 18.8 Å². The molecule has 0 aromatic heterocycles. The minimum atomic E-state index is -1.03. The van der Waals surface area contributed by atoms with Gasteiger partial charge in [0.05, 0.1) is 0 Å². The lowest BCUT2D eigenvalue weighted by atomic mass is 10.0. The largest absolute Gasteiger partial charge is 0.338 e. The van der Waals surface area contributed by atoms with Gasteiger partial charge in [0, 0.05) is 46.4 Å². The van der Waals surface area contributed by atoms with E-state index >= 15 is 0 Å². The third-order valence-electron chi connectivity index (χ3n) is 3.32. The average Bonchev–Trinajstić information content (AvgIpc) is 2.43. The number of carbonyl (C=O) groups excluding carboxylic acids is 1. The molecular formula is C16H24F2N2O2S. The molecule has 7 heteroatoms. The maximum Gasteiger partial charge on any atom is 0.314 e. The normalized spacial score (nSPS) is 14.2. The van der Waals surface area contributed by atoms with Gasteiger partial charge in [0.25, 0.3) is 0 Å². The van der Waals surface area contributed by atoms with E-state index in [0.29, 0.717) is 17.9 Å². The van der Waals surface area contributed by atoms with Gasteiger partial charge in [0.2, 0.25) is 0 Å². The number of hydrogen-bond acceptors (Lipinski definition) is 2. The van der Waals surface area contributed by atoms with Crippen molar-refractivity contribution in [3.05, 3.63) is 35.4 Å². The highest BCUT2D eigenvalue weighted by Gasteiger charge is 2.19. The van der Waals surface area contributed by atoms with Crippen molar-refractivity contribution in [3.63, 3.8) is 0 Å². The van der Waals surface area contributed by atoms with Gasteiger partial charge in [-0.3, -0.25) is 4.21 Å². The summed E-state index contributed by atoms with van der Waals surface area (Å²) in [7, 11) is -1.03. The van der Waals surface area contributed by atoms with Crippen LogP contribution in [0.15, 0.2) is 18.2 Å². The number of benzene rings is 1. The maximum atomic E-state index is 13.6. The van der Waals surface area contributed by atoms with Crippen LogP contribution in [0, 0.1) is 11.6 Å². The topological polar surface area (TPSA) is 58.2 Å². The Balaban J connectivity index is 2.37. The molecule has 2 N–H and O–H groups in total. The Morgan fingerprint density at radius 1 is 1.26 bits per heavy atom. The monoisotopic (exact) mass is 346 g/mol. The average molecular weight is 346 g/mol. The second kappa shape index (κ2) is 8.38. The molecular weight excluding hydrogens is 322 g/mol. The summed E-state index contributed by atoms with van der Waals surface area (Å²) in [4.78, 5) is 11.7. The summed E-state index contributed by atoms with van der Waals surface area (Å²) in [6, 6.07) is 3.00. The van der Waals surface area contributed by atoms with Crippen LogP contribution in [0.3, 0.4) is 0 Å². The molecule has 0 saturated carbocycles. The molecule has 1 rings (SSSR count). The van der Waals surface area contributed by atoms with Gasteiger partial charge in [0.1, 0.15) is 11.6 Å².